The van der Waals surface area contributed by atoms with E-state index in [-0.39, 0.29) is 24.3 Å². The van der Waals surface area contributed by atoms with E-state index in [1.54, 1.807) is 13.8 Å². The lowest BCUT2D eigenvalue weighted by Gasteiger charge is -2.28. The topological polar surface area (TPSA) is 93.9 Å². The Hall–Kier alpha value is -2.10. The molecule has 0 radical (unpaired) electrons. The number of nitrogens with zero attached hydrogens (tertiary/aromatic N) is 2. The molecule has 1 saturated heterocycles. The maximum absolute atomic E-state index is 12.8. The number of aromatic nitrogens is 1. The number of ether oxygens (including phenoxy) is 2. The third kappa shape index (κ3) is 3.54. The number of nitrogens with one attached hydrogen (secondary N) is 1. The van der Waals surface area contributed by atoms with Crippen LogP contribution in [0.5, 0.6) is 11.5 Å². The fraction of sp³-hybridized carbons (Fsp3) is 0.500. The number of sulfonamides is 1. The van der Waals surface area contributed by atoms with Gasteiger partial charge in [0.25, 0.3) is 0 Å². The van der Waals surface area contributed by atoms with E-state index in [9.17, 15) is 8.42 Å². The van der Waals surface area contributed by atoms with Crippen molar-refractivity contribution in [2.75, 3.05) is 26.4 Å². The minimum atomic E-state index is -3.71. The van der Waals surface area contributed by atoms with Crippen LogP contribution in [0.1, 0.15) is 35.9 Å². The third-order valence-electron chi connectivity index (χ3n) is 5.07. The van der Waals surface area contributed by atoms with Crippen molar-refractivity contribution in [3.8, 4) is 11.5 Å². The second-order valence-corrected chi connectivity index (χ2v) is 8.58. The average Bonchev–Trinajstić information content (AvgIpc) is 3.36. The Labute approximate surface area is 158 Å². The molecule has 2 aromatic rings. The van der Waals surface area contributed by atoms with Crippen molar-refractivity contribution in [3.05, 3.63) is 35.2 Å². The van der Waals surface area contributed by atoms with Gasteiger partial charge in [-0.05, 0) is 57.5 Å². The zero-order valence-electron chi connectivity index (χ0n) is 15.4. The number of benzene rings is 1. The van der Waals surface area contributed by atoms with Gasteiger partial charge in [-0.25, -0.2) is 13.1 Å². The van der Waals surface area contributed by atoms with Crippen molar-refractivity contribution in [1.82, 2.24) is 14.8 Å². The van der Waals surface area contributed by atoms with E-state index >= 15 is 0 Å². The first-order valence-corrected chi connectivity index (χ1v) is 10.5. The van der Waals surface area contributed by atoms with E-state index in [0.717, 1.165) is 37.2 Å². The summed E-state index contributed by atoms with van der Waals surface area (Å²) < 4.78 is 44.2. The highest BCUT2D eigenvalue weighted by atomic mass is 32.2. The van der Waals surface area contributed by atoms with Gasteiger partial charge in [0.1, 0.15) is 10.6 Å². The van der Waals surface area contributed by atoms with Gasteiger partial charge >= 0.3 is 0 Å². The molecule has 2 aliphatic heterocycles. The highest BCUT2D eigenvalue weighted by Crippen LogP contribution is 2.36. The van der Waals surface area contributed by atoms with E-state index in [1.807, 2.05) is 18.2 Å². The molecule has 0 saturated carbocycles. The van der Waals surface area contributed by atoms with Gasteiger partial charge in [0.15, 0.2) is 17.3 Å². The summed E-state index contributed by atoms with van der Waals surface area (Å²) in [4.78, 5) is 2.42. The summed E-state index contributed by atoms with van der Waals surface area (Å²) in [5.74, 6) is 1.71. The molecule has 1 aromatic carbocycles. The molecule has 1 aromatic heterocycles. The Morgan fingerprint density at radius 3 is 2.63 bits per heavy atom. The number of hydrogen-bond donors (Lipinski definition) is 1. The molecular weight excluding hydrogens is 370 g/mol. The Morgan fingerprint density at radius 2 is 1.93 bits per heavy atom. The van der Waals surface area contributed by atoms with E-state index < -0.39 is 10.0 Å². The average molecular weight is 393 g/mol. The van der Waals surface area contributed by atoms with E-state index in [4.69, 9.17) is 14.0 Å². The van der Waals surface area contributed by atoms with Crippen molar-refractivity contribution in [2.24, 2.45) is 0 Å². The Kier molecular flexibility index (Phi) is 4.83. The van der Waals surface area contributed by atoms with Gasteiger partial charge in [0, 0.05) is 12.6 Å². The van der Waals surface area contributed by atoms with Crippen molar-refractivity contribution in [1.29, 1.82) is 0 Å². The zero-order chi connectivity index (χ0) is 19.0. The van der Waals surface area contributed by atoms with Gasteiger partial charge in [0.2, 0.25) is 16.8 Å². The Morgan fingerprint density at radius 1 is 1.19 bits per heavy atom. The van der Waals surface area contributed by atoms with Crippen LogP contribution in [-0.4, -0.2) is 44.9 Å². The summed E-state index contributed by atoms with van der Waals surface area (Å²) in [7, 11) is -3.71. The molecule has 0 amide bonds. The second-order valence-electron chi connectivity index (χ2n) is 6.88. The molecule has 8 nitrogen and oxygen atoms in total. The van der Waals surface area contributed by atoms with Crippen LogP contribution in [0.25, 0.3) is 0 Å². The van der Waals surface area contributed by atoms with Crippen molar-refractivity contribution >= 4 is 10.0 Å². The van der Waals surface area contributed by atoms with Crippen molar-refractivity contribution in [2.45, 2.75) is 37.6 Å². The SMILES string of the molecule is Cc1noc(C)c1S(=O)(=O)NC[C@@H](c1ccc2c(c1)OCO2)N1CCCC1. The molecule has 0 unspecified atom stereocenters. The van der Waals surface area contributed by atoms with Gasteiger partial charge in [-0.15, -0.1) is 0 Å². The van der Waals surface area contributed by atoms with Gasteiger partial charge in [0.05, 0.1) is 0 Å². The summed E-state index contributed by atoms with van der Waals surface area (Å²) in [6.07, 6.45) is 2.22. The summed E-state index contributed by atoms with van der Waals surface area (Å²) in [5, 5.41) is 3.75. The quantitative estimate of drug-likeness (QED) is 0.803. The van der Waals surface area contributed by atoms with Crippen LogP contribution in [0, 0.1) is 13.8 Å². The molecule has 1 fully saturated rings. The van der Waals surface area contributed by atoms with E-state index in [0.29, 0.717) is 17.2 Å². The van der Waals surface area contributed by atoms with Crippen LogP contribution in [0.4, 0.5) is 0 Å². The molecule has 3 heterocycles. The molecule has 0 aliphatic carbocycles. The van der Waals surface area contributed by atoms with Crippen LogP contribution in [0.15, 0.2) is 27.6 Å². The maximum atomic E-state index is 12.8. The monoisotopic (exact) mass is 393 g/mol. The van der Waals surface area contributed by atoms with E-state index in [2.05, 4.69) is 14.8 Å². The normalized spacial score (nSPS) is 18.1. The summed E-state index contributed by atoms with van der Waals surface area (Å²) in [6, 6.07) is 5.71. The molecule has 146 valence electrons. The lowest BCUT2D eigenvalue weighted by Crippen LogP contribution is -2.37. The number of rotatable bonds is 6. The number of likely N-dealkylation sites (tertiary alicyclic amines) is 1. The first-order chi connectivity index (χ1) is 13.0. The molecule has 0 bridgehead atoms. The first-order valence-electron chi connectivity index (χ1n) is 9.02. The van der Waals surface area contributed by atoms with Gasteiger partial charge in [-0.1, -0.05) is 11.2 Å². The largest absolute Gasteiger partial charge is 0.454 e. The third-order valence-corrected chi connectivity index (χ3v) is 6.73. The minimum absolute atomic E-state index is 0.0859. The molecule has 2 aliphatic rings. The fourth-order valence-electron chi connectivity index (χ4n) is 3.75. The molecule has 1 atom stereocenters. The fourth-order valence-corrected chi connectivity index (χ4v) is 5.11. The minimum Gasteiger partial charge on any atom is -0.454 e. The van der Waals surface area contributed by atoms with Crippen LogP contribution in [-0.2, 0) is 10.0 Å². The number of hydrogen-bond acceptors (Lipinski definition) is 7. The van der Waals surface area contributed by atoms with Crippen molar-refractivity contribution in [3.63, 3.8) is 0 Å². The molecule has 0 spiro atoms. The predicted octanol–water partition coefficient (Wildman–Crippen LogP) is 2.14. The zero-order valence-corrected chi connectivity index (χ0v) is 16.2. The van der Waals surface area contributed by atoms with Gasteiger partial charge in [-0.3, -0.25) is 4.90 Å². The van der Waals surface area contributed by atoms with Crippen LogP contribution in [0.2, 0.25) is 0 Å². The van der Waals surface area contributed by atoms with Gasteiger partial charge in [-0.2, -0.15) is 0 Å². The highest BCUT2D eigenvalue weighted by molar-refractivity contribution is 7.89. The Bertz CT molecular complexity index is 915. The summed E-state index contributed by atoms with van der Waals surface area (Å²) in [5.41, 5.74) is 1.36. The summed E-state index contributed by atoms with van der Waals surface area (Å²) in [6.45, 7) is 5.57. The first kappa shape index (κ1) is 18.3. The molecule has 1 N–H and O–H groups in total. The number of aryl methyl sites for hydroxylation is 2. The highest BCUT2D eigenvalue weighted by Gasteiger charge is 2.29. The molecular formula is C18H23N3O5S. The lowest BCUT2D eigenvalue weighted by molar-refractivity contribution is 0.173. The smallest absolute Gasteiger partial charge is 0.246 e. The van der Waals surface area contributed by atoms with Crippen LogP contribution in [0.3, 0.4) is 0 Å². The van der Waals surface area contributed by atoms with Crippen LogP contribution >= 0.6 is 0 Å². The predicted molar refractivity (Wildman–Crippen MR) is 97.3 cm³/mol. The molecule has 4 rings (SSSR count). The van der Waals surface area contributed by atoms with Crippen molar-refractivity contribution < 1.29 is 22.4 Å². The van der Waals surface area contributed by atoms with Gasteiger partial charge < -0.3 is 14.0 Å². The molecule has 27 heavy (non-hydrogen) atoms. The summed E-state index contributed by atoms with van der Waals surface area (Å²) >= 11 is 0. The second kappa shape index (κ2) is 7.14. The number of fused-ring (bicyclic) bond motifs is 1. The van der Waals surface area contributed by atoms with Crippen LogP contribution < -0.4 is 14.2 Å². The lowest BCUT2D eigenvalue weighted by atomic mass is 10.1. The Balaban J connectivity index is 1.59. The maximum Gasteiger partial charge on any atom is 0.246 e. The van der Waals surface area contributed by atoms with E-state index in [1.165, 1.54) is 0 Å². The molecule has 9 heteroatoms. The standard InChI is InChI=1S/C18H23N3O5S/c1-12-18(13(2)26-20-12)27(22,23)19-10-15(21-7-3-4-8-21)14-5-6-16-17(9-14)25-11-24-16/h5-6,9,15,19H,3-4,7-8,10-11H2,1-2H3/t15-/m0/s1.